The van der Waals surface area contributed by atoms with Gasteiger partial charge in [-0.05, 0) is 24.3 Å². The molecule has 9 heteroatoms. The lowest BCUT2D eigenvalue weighted by molar-refractivity contribution is -0.386. The number of hydrogen-bond acceptors (Lipinski definition) is 6. The molecule has 8 nitrogen and oxygen atoms in total. The maximum atomic E-state index is 12.6. The number of nitrogens with zero attached hydrogens (tertiary/aromatic N) is 2. The number of para-hydroxylation sites is 1. The highest BCUT2D eigenvalue weighted by Gasteiger charge is 2.26. The van der Waals surface area contributed by atoms with Crippen molar-refractivity contribution in [1.29, 1.82) is 0 Å². The average molecular weight is 408 g/mol. The number of nitro benzene ring substituents is 1. The first kappa shape index (κ1) is 21.6. The first-order valence-electron chi connectivity index (χ1n) is 8.99. The lowest BCUT2D eigenvalue weighted by atomic mass is 10.3. The topological polar surface area (TPSA) is 99.0 Å². The molecule has 2 rings (SSSR count). The third kappa shape index (κ3) is 5.43. The van der Waals surface area contributed by atoms with Crippen molar-refractivity contribution in [2.75, 3.05) is 26.3 Å². The molecule has 0 heterocycles. The molecule has 2 aromatic rings. The highest BCUT2D eigenvalue weighted by atomic mass is 32.2. The van der Waals surface area contributed by atoms with Crippen LogP contribution in [0, 0.1) is 10.1 Å². The molecule has 0 radical (unpaired) electrons. The fraction of sp³-hybridized carbons (Fsp3) is 0.368. The number of benzene rings is 2. The van der Waals surface area contributed by atoms with Crippen molar-refractivity contribution in [2.45, 2.75) is 25.2 Å². The maximum absolute atomic E-state index is 12.6. The summed E-state index contributed by atoms with van der Waals surface area (Å²) in [5.41, 5.74) is -0.378. The zero-order valence-corrected chi connectivity index (χ0v) is 16.7. The van der Waals surface area contributed by atoms with Gasteiger partial charge in [-0.15, -0.1) is 0 Å². The summed E-state index contributed by atoms with van der Waals surface area (Å²) in [4.78, 5) is 10.6. The van der Waals surface area contributed by atoms with Crippen LogP contribution in [-0.4, -0.2) is 43.9 Å². The number of rotatable bonds is 11. The summed E-state index contributed by atoms with van der Waals surface area (Å²) in [6.07, 6.45) is 0.519. The molecule has 0 unspecified atom stereocenters. The van der Waals surface area contributed by atoms with Crippen LogP contribution in [0.2, 0.25) is 0 Å². The summed E-state index contributed by atoms with van der Waals surface area (Å²) < 4.78 is 37.4. The molecule has 0 fully saturated rings. The van der Waals surface area contributed by atoms with Crippen LogP contribution in [0.15, 0.2) is 53.4 Å². The number of ether oxygens (including phenoxy) is 2. The van der Waals surface area contributed by atoms with Crippen molar-refractivity contribution < 1.29 is 22.8 Å². The van der Waals surface area contributed by atoms with E-state index < -0.39 is 14.9 Å². The van der Waals surface area contributed by atoms with E-state index in [0.29, 0.717) is 13.0 Å². The molecule has 0 aliphatic rings. The minimum atomic E-state index is -3.78. The highest BCUT2D eigenvalue weighted by Crippen LogP contribution is 2.31. The van der Waals surface area contributed by atoms with Gasteiger partial charge >= 0.3 is 5.69 Å². The Hall–Kier alpha value is -2.65. The Morgan fingerprint density at radius 1 is 1.00 bits per heavy atom. The summed E-state index contributed by atoms with van der Waals surface area (Å²) in [6.45, 7) is 4.59. The molecule has 0 bridgehead atoms. The number of hydrogen-bond donors (Lipinski definition) is 0. The molecule has 0 aliphatic heterocycles. The van der Waals surface area contributed by atoms with Crippen molar-refractivity contribution >= 4 is 15.7 Å². The van der Waals surface area contributed by atoms with E-state index in [9.17, 15) is 18.5 Å². The van der Waals surface area contributed by atoms with Crippen LogP contribution in [0.1, 0.15) is 20.3 Å². The third-order valence-electron chi connectivity index (χ3n) is 4.03. The van der Waals surface area contributed by atoms with E-state index in [1.54, 1.807) is 13.8 Å². The minimum absolute atomic E-state index is 0.0307. The van der Waals surface area contributed by atoms with Gasteiger partial charge < -0.3 is 9.47 Å². The Morgan fingerprint density at radius 2 is 1.64 bits per heavy atom. The molecule has 28 heavy (non-hydrogen) atoms. The van der Waals surface area contributed by atoms with Crippen LogP contribution in [0.25, 0.3) is 0 Å². The van der Waals surface area contributed by atoms with Gasteiger partial charge in [-0.1, -0.05) is 32.0 Å². The Morgan fingerprint density at radius 3 is 2.25 bits per heavy atom. The molecule has 0 saturated heterocycles. The molecule has 0 saturated carbocycles. The smallest absolute Gasteiger partial charge is 0.312 e. The molecule has 152 valence electrons. The molecule has 0 aromatic heterocycles. The quantitative estimate of drug-likeness (QED) is 0.321. The third-order valence-corrected chi connectivity index (χ3v) is 6.07. The zero-order chi connectivity index (χ0) is 20.6. The maximum Gasteiger partial charge on any atom is 0.312 e. The fourth-order valence-electron chi connectivity index (χ4n) is 2.58. The monoisotopic (exact) mass is 408 g/mol. The van der Waals surface area contributed by atoms with E-state index in [2.05, 4.69) is 0 Å². The summed E-state index contributed by atoms with van der Waals surface area (Å²) in [7, 11) is -3.78. The normalized spacial score (nSPS) is 11.4. The second kappa shape index (κ2) is 10.0. The second-order valence-electron chi connectivity index (χ2n) is 5.84. The zero-order valence-electron chi connectivity index (χ0n) is 15.9. The van der Waals surface area contributed by atoms with Gasteiger partial charge in [0.2, 0.25) is 10.0 Å². The van der Waals surface area contributed by atoms with Crippen molar-refractivity contribution in [3.05, 3.63) is 58.6 Å². The van der Waals surface area contributed by atoms with Crippen LogP contribution >= 0.6 is 0 Å². The van der Waals surface area contributed by atoms with E-state index in [-0.39, 0.29) is 36.0 Å². The molecule has 0 amide bonds. The van der Waals surface area contributed by atoms with Crippen LogP contribution in [-0.2, 0) is 10.0 Å². The Bertz CT molecular complexity index is 883. The van der Waals surface area contributed by atoms with Gasteiger partial charge in [0, 0.05) is 25.6 Å². The molecular weight excluding hydrogens is 384 g/mol. The molecule has 2 aromatic carbocycles. The first-order valence-corrected chi connectivity index (χ1v) is 10.4. The van der Waals surface area contributed by atoms with Crippen LogP contribution < -0.4 is 9.47 Å². The Labute approximate surface area is 164 Å². The largest absolute Gasteiger partial charge is 0.493 e. The molecule has 0 N–H and O–H groups in total. The first-order chi connectivity index (χ1) is 13.4. The Balaban J connectivity index is 2.03. The van der Waals surface area contributed by atoms with E-state index in [0.717, 1.165) is 11.8 Å². The van der Waals surface area contributed by atoms with Gasteiger partial charge in [0.15, 0.2) is 5.75 Å². The average Bonchev–Trinajstić information content (AvgIpc) is 2.69. The van der Waals surface area contributed by atoms with Crippen molar-refractivity contribution in [3.8, 4) is 11.5 Å². The van der Waals surface area contributed by atoms with Crippen molar-refractivity contribution in [1.82, 2.24) is 4.31 Å². The van der Waals surface area contributed by atoms with E-state index in [1.165, 1.54) is 16.4 Å². The second-order valence-corrected chi connectivity index (χ2v) is 7.78. The number of sulfonamides is 1. The van der Waals surface area contributed by atoms with E-state index >= 15 is 0 Å². The molecule has 0 spiro atoms. The Kier molecular flexibility index (Phi) is 7.77. The number of nitro groups is 1. The molecule has 0 atom stereocenters. The van der Waals surface area contributed by atoms with Gasteiger partial charge in [-0.2, -0.15) is 4.31 Å². The van der Waals surface area contributed by atoms with Gasteiger partial charge in [0.25, 0.3) is 0 Å². The van der Waals surface area contributed by atoms with Gasteiger partial charge in [0.05, 0.1) is 23.0 Å². The SMILES string of the molecule is CCN(CC)S(=O)(=O)c1ccc(OCCCOc2ccccc2)c([N+](=O)[O-])c1. The molecule has 0 aliphatic carbocycles. The van der Waals surface area contributed by atoms with Gasteiger partial charge in [-0.3, -0.25) is 10.1 Å². The van der Waals surface area contributed by atoms with Crippen molar-refractivity contribution in [2.24, 2.45) is 0 Å². The van der Waals surface area contributed by atoms with E-state index in [4.69, 9.17) is 9.47 Å². The summed E-state index contributed by atoms with van der Waals surface area (Å²) in [6, 6.07) is 13.0. The predicted octanol–water partition coefficient (Wildman–Crippen LogP) is 3.47. The van der Waals surface area contributed by atoms with E-state index in [1.807, 2.05) is 30.3 Å². The highest BCUT2D eigenvalue weighted by molar-refractivity contribution is 7.89. The summed E-state index contributed by atoms with van der Waals surface area (Å²) in [5, 5.41) is 11.4. The summed E-state index contributed by atoms with van der Waals surface area (Å²) in [5.74, 6) is 0.766. The van der Waals surface area contributed by atoms with Crippen molar-refractivity contribution in [3.63, 3.8) is 0 Å². The van der Waals surface area contributed by atoms with Crippen LogP contribution in [0.5, 0.6) is 11.5 Å². The summed E-state index contributed by atoms with van der Waals surface area (Å²) >= 11 is 0. The fourth-order valence-corrected chi connectivity index (χ4v) is 4.06. The molecular formula is C19H24N2O6S. The van der Waals surface area contributed by atoms with Gasteiger partial charge in [-0.25, -0.2) is 8.42 Å². The predicted molar refractivity (Wildman–Crippen MR) is 105 cm³/mol. The van der Waals surface area contributed by atoms with Crippen LogP contribution in [0.3, 0.4) is 0 Å². The lowest BCUT2D eigenvalue weighted by Gasteiger charge is -2.18. The minimum Gasteiger partial charge on any atom is -0.493 e. The van der Waals surface area contributed by atoms with Crippen LogP contribution in [0.4, 0.5) is 5.69 Å². The standard InChI is InChI=1S/C19H24N2O6S/c1-3-20(4-2)28(24,25)17-11-12-19(18(15-17)21(22)23)27-14-8-13-26-16-9-6-5-7-10-16/h5-7,9-12,15H,3-4,8,13-14H2,1-2H3. The lowest BCUT2D eigenvalue weighted by Crippen LogP contribution is -2.30. The van der Waals surface area contributed by atoms with Gasteiger partial charge in [0.1, 0.15) is 5.75 Å².